The number of thioether (sulfide) groups is 1. The molecule has 0 spiro atoms. The maximum absolute atomic E-state index is 11.9. The molecule has 15 heavy (non-hydrogen) atoms. The molecule has 2 rings (SSSR count). The van der Waals surface area contributed by atoms with Crippen molar-refractivity contribution >= 4 is 28.6 Å². The minimum atomic E-state index is -0.152. The van der Waals surface area contributed by atoms with Crippen LogP contribution in [0.3, 0.4) is 0 Å². The van der Waals surface area contributed by atoms with E-state index in [1.807, 2.05) is 31.2 Å². The number of para-hydroxylation sites is 1. The van der Waals surface area contributed by atoms with Crippen LogP contribution in [0.5, 0.6) is 0 Å². The second kappa shape index (κ2) is 3.47. The molecule has 4 heteroatoms. The van der Waals surface area contributed by atoms with Crippen LogP contribution in [-0.2, 0) is 4.79 Å². The summed E-state index contributed by atoms with van der Waals surface area (Å²) in [5.74, 6) is -0.111. The van der Waals surface area contributed by atoms with Crippen molar-refractivity contribution in [1.29, 1.82) is 0 Å². The van der Waals surface area contributed by atoms with Crippen LogP contribution < -0.4 is 4.48 Å². The van der Waals surface area contributed by atoms with Gasteiger partial charge in [0.25, 0.3) is 0 Å². The largest absolute Gasteiger partial charge is 0.392 e. The first-order valence-corrected chi connectivity index (χ1v) is 5.65. The summed E-state index contributed by atoms with van der Waals surface area (Å²) in [4.78, 5) is 24.6. The van der Waals surface area contributed by atoms with Gasteiger partial charge in [-0.25, -0.2) is 9.59 Å². The maximum Gasteiger partial charge on any atom is 0.392 e. The van der Waals surface area contributed by atoms with Gasteiger partial charge in [0.1, 0.15) is 0 Å². The highest BCUT2D eigenvalue weighted by Crippen LogP contribution is 2.45. The molecule has 0 N–H and O–H groups in total. The molecule has 1 atom stereocenters. The number of carbonyl (C=O) groups excluding carboxylic acids is 2. The second-order valence-electron chi connectivity index (χ2n) is 3.48. The van der Waals surface area contributed by atoms with Gasteiger partial charge >= 0.3 is 11.1 Å². The normalized spacial score (nSPS) is 24.0. The predicted molar refractivity (Wildman–Crippen MR) is 60.7 cm³/mol. The van der Waals surface area contributed by atoms with Gasteiger partial charge in [-0.1, -0.05) is 12.1 Å². The quantitative estimate of drug-likeness (QED) is 0.685. The first kappa shape index (κ1) is 10.4. The van der Waals surface area contributed by atoms with E-state index < -0.39 is 0 Å². The molecular formula is C11H12NO2S+. The number of benzene rings is 1. The van der Waals surface area contributed by atoms with Crippen LogP contribution in [0.1, 0.15) is 13.8 Å². The van der Waals surface area contributed by atoms with E-state index in [0.29, 0.717) is 6.54 Å². The lowest BCUT2D eigenvalue weighted by atomic mass is 10.2. The number of carbonyl (C=O) groups is 2. The zero-order valence-electron chi connectivity index (χ0n) is 8.69. The minimum Gasteiger partial charge on any atom is -0.230 e. The summed E-state index contributed by atoms with van der Waals surface area (Å²) in [7, 11) is 0. The third-order valence-corrected chi connectivity index (χ3v) is 3.85. The van der Waals surface area contributed by atoms with Crippen molar-refractivity contribution in [3.63, 3.8) is 0 Å². The summed E-state index contributed by atoms with van der Waals surface area (Å²) >= 11 is 1.16. The van der Waals surface area contributed by atoms with Crippen molar-refractivity contribution in [3.8, 4) is 0 Å². The number of amides is 2. The Kier molecular flexibility index (Phi) is 2.40. The Hall–Kier alpha value is -1.13. The molecule has 1 aromatic carbocycles. The Balaban J connectivity index is 2.67. The van der Waals surface area contributed by atoms with Crippen LogP contribution in [0, 0.1) is 0 Å². The van der Waals surface area contributed by atoms with Gasteiger partial charge < -0.3 is 0 Å². The average molecular weight is 222 g/mol. The average Bonchev–Trinajstić information content (AvgIpc) is 2.50. The first-order valence-electron chi connectivity index (χ1n) is 4.84. The van der Waals surface area contributed by atoms with Gasteiger partial charge in [0.05, 0.1) is 18.4 Å². The van der Waals surface area contributed by atoms with Crippen molar-refractivity contribution in [2.24, 2.45) is 0 Å². The lowest BCUT2D eigenvalue weighted by molar-refractivity contribution is -0.124. The van der Waals surface area contributed by atoms with E-state index in [1.165, 1.54) is 6.92 Å². The molecule has 1 aliphatic rings. The molecular weight excluding hydrogens is 210 g/mol. The summed E-state index contributed by atoms with van der Waals surface area (Å²) < 4.78 is -0.152. The van der Waals surface area contributed by atoms with E-state index in [9.17, 15) is 9.59 Å². The van der Waals surface area contributed by atoms with Crippen molar-refractivity contribution in [2.45, 2.75) is 18.7 Å². The SMILES string of the molecule is CC[N+]1(C(C)=O)C(=O)Sc2ccccc21. The van der Waals surface area contributed by atoms with Crippen LogP contribution in [-0.4, -0.2) is 17.7 Å². The molecule has 1 heterocycles. The molecule has 1 unspecified atom stereocenters. The Labute approximate surface area is 92.7 Å². The molecule has 0 radical (unpaired) electrons. The Morgan fingerprint density at radius 2 is 2.07 bits per heavy atom. The molecule has 78 valence electrons. The van der Waals surface area contributed by atoms with Gasteiger partial charge in [-0.3, -0.25) is 0 Å². The van der Waals surface area contributed by atoms with E-state index >= 15 is 0 Å². The Bertz CT molecular complexity index is 444. The van der Waals surface area contributed by atoms with Crippen LogP contribution in [0.15, 0.2) is 29.2 Å². The maximum atomic E-state index is 11.9. The fourth-order valence-electron chi connectivity index (χ4n) is 1.95. The minimum absolute atomic E-state index is 0.0915. The molecule has 0 saturated carbocycles. The number of rotatable bonds is 1. The summed E-state index contributed by atoms with van der Waals surface area (Å²) in [6.45, 7) is 3.82. The van der Waals surface area contributed by atoms with Gasteiger partial charge in [-0.15, -0.1) is 0 Å². The molecule has 0 aliphatic carbocycles. The van der Waals surface area contributed by atoms with E-state index in [2.05, 4.69) is 0 Å². The number of imide groups is 1. The molecule has 0 saturated heterocycles. The van der Waals surface area contributed by atoms with Gasteiger partial charge in [-0.2, -0.15) is 4.48 Å². The van der Waals surface area contributed by atoms with Crippen LogP contribution in [0.4, 0.5) is 10.5 Å². The number of quaternary nitrogens is 1. The van der Waals surface area contributed by atoms with E-state index in [-0.39, 0.29) is 15.6 Å². The van der Waals surface area contributed by atoms with Gasteiger partial charge in [0, 0.05) is 17.8 Å². The number of hydrogen-bond acceptors (Lipinski definition) is 3. The van der Waals surface area contributed by atoms with Crippen molar-refractivity contribution in [1.82, 2.24) is 4.48 Å². The van der Waals surface area contributed by atoms with Crippen molar-refractivity contribution < 1.29 is 9.59 Å². The zero-order valence-corrected chi connectivity index (χ0v) is 9.50. The number of hydrogen-bond donors (Lipinski definition) is 0. The number of nitrogens with zero attached hydrogens (tertiary/aromatic N) is 1. The van der Waals surface area contributed by atoms with Crippen LogP contribution in [0.2, 0.25) is 0 Å². The summed E-state index contributed by atoms with van der Waals surface area (Å²) in [5, 5.41) is -0.0915. The van der Waals surface area contributed by atoms with E-state index in [0.717, 1.165) is 22.3 Å². The molecule has 2 amide bonds. The van der Waals surface area contributed by atoms with Crippen LogP contribution >= 0.6 is 11.8 Å². The summed E-state index contributed by atoms with van der Waals surface area (Å²) in [6.07, 6.45) is 0. The molecule has 3 nitrogen and oxygen atoms in total. The molecule has 0 fully saturated rings. The highest BCUT2D eigenvalue weighted by molar-refractivity contribution is 8.14. The van der Waals surface area contributed by atoms with Gasteiger partial charge in [0.15, 0.2) is 5.69 Å². The third-order valence-electron chi connectivity index (χ3n) is 2.80. The summed E-state index contributed by atoms with van der Waals surface area (Å²) in [6, 6.07) is 7.49. The number of fused-ring (bicyclic) bond motifs is 1. The monoisotopic (exact) mass is 222 g/mol. The predicted octanol–water partition coefficient (Wildman–Crippen LogP) is 2.79. The Morgan fingerprint density at radius 3 is 2.67 bits per heavy atom. The highest BCUT2D eigenvalue weighted by atomic mass is 32.2. The van der Waals surface area contributed by atoms with Crippen LogP contribution in [0.25, 0.3) is 0 Å². The molecule has 0 bridgehead atoms. The highest BCUT2D eigenvalue weighted by Gasteiger charge is 2.50. The van der Waals surface area contributed by atoms with Gasteiger partial charge in [-0.05, 0) is 13.0 Å². The van der Waals surface area contributed by atoms with Gasteiger partial charge in [0.2, 0.25) is 0 Å². The molecule has 0 aromatic heterocycles. The second-order valence-corrected chi connectivity index (χ2v) is 4.47. The molecule has 1 aliphatic heterocycles. The standard InChI is InChI=1S/C11H12NO2S/c1-3-12(8(2)13)9-6-4-5-7-10(9)15-11(12)14/h4-7H,3H2,1-2H3/q+1. The fraction of sp³-hybridized carbons (Fsp3) is 0.273. The van der Waals surface area contributed by atoms with E-state index in [1.54, 1.807) is 0 Å². The zero-order chi connectivity index (χ0) is 11.1. The Morgan fingerprint density at radius 1 is 1.40 bits per heavy atom. The lowest BCUT2D eigenvalue weighted by Gasteiger charge is -2.24. The third kappa shape index (κ3) is 1.25. The summed E-state index contributed by atoms with van der Waals surface area (Å²) in [5.41, 5.74) is 0.822. The first-order chi connectivity index (χ1) is 7.13. The van der Waals surface area contributed by atoms with Crippen molar-refractivity contribution in [2.75, 3.05) is 6.54 Å². The smallest absolute Gasteiger partial charge is 0.230 e. The fourth-order valence-corrected chi connectivity index (χ4v) is 3.12. The molecule has 1 aromatic rings. The van der Waals surface area contributed by atoms with E-state index in [4.69, 9.17) is 0 Å². The van der Waals surface area contributed by atoms with Crippen molar-refractivity contribution in [3.05, 3.63) is 24.3 Å². The topological polar surface area (TPSA) is 34.1 Å². The lowest BCUT2D eigenvalue weighted by Crippen LogP contribution is -2.53.